The SMILES string of the molecule is CCC1CCc2sc(-c3nnc(SCC(=O)Nc4ccccc4SCC#N)n3C)cc2C1. The van der Waals surface area contributed by atoms with Crippen molar-refractivity contribution in [3.63, 3.8) is 0 Å². The Morgan fingerprint density at radius 2 is 2.19 bits per heavy atom. The average Bonchev–Trinajstić information content (AvgIpc) is 3.39. The number of fused-ring (bicyclic) bond motifs is 1. The summed E-state index contributed by atoms with van der Waals surface area (Å²) in [6.07, 6.45) is 4.83. The van der Waals surface area contributed by atoms with Crippen molar-refractivity contribution in [1.82, 2.24) is 14.8 Å². The van der Waals surface area contributed by atoms with E-state index in [1.54, 1.807) is 0 Å². The molecule has 3 aromatic rings. The van der Waals surface area contributed by atoms with Gasteiger partial charge in [-0.05, 0) is 48.9 Å². The predicted molar refractivity (Wildman–Crippen MR) is 132 cm³/mol. The smallest absolute Gasteiger partial charge is 0.234 e. The Kier molecular flexibility index (Phi) is 7.55. The van der Waals surface area contributed by atoms with Crippen molar-refractivity contribution in [1.29, 1.82) is 5.26 Å². The first kappa shape index (κ1) is 22.9. The van der Waals surface area contributed by atoms with Gasteiger partial charge in [-0.3, -0.25) is 4.79 Å². The highest BCUT2D eigenvalue weighted by Crippen LogP contribution is 2.38. The maximum absolute atomic E-state index is 12.5. The van der Waals surface area contributed by atoms with Gasteiger partial charge >= 0.3 is 0 Å². The second-order valence-electron chi connectivity index (χ2n) is 7.72. The Morgan fingerprint density at radius 3 is 3.00 bits per heavy atom. The van der Waals surface area contributed by atoms with Gasteiger partial charge in [0, 0.05) is 16.8 Å². The van der Waals surface area contributed by atoms with E-state index in [0.717, 1.165) is 45.2 Å². The molecule has 0 bridgehead atoms. The summed E-state index contributed by atoms with van der Waals surface area (Å²) in [5.41, 5.74) is 2.19. The minimum Gasteiger partial charge on any atom is -0.324 e. The molecule has 166 valence electrons. The summed E-state index contributed by atoms with van der Waals surface area (Å²) in [5, 5.41) is 21.2. The molecule has 1 aliphatic carbocycles. The molecule has 1 unspecified atom stereocenters. The van der Waals surface area contributed by atoms with E-state index in [0.29, 0.717) is 5.75 Å². The minimum absolute atomic E-state index is 0.109. The van der Waals surface area contributed by atoms with E-state index in [9.17, 15) is 4.79 Å². The van der Waals surface area contributed by atoms with Crippen LogP contribution in [0.1, 0.15) is 30.2 Å². The molecule has 0 spiro atoms. The van der Waals surface area contributed by atoms with E-state index >= 15 is 0 Å². The lowest BCUT2D eigenvalue weighted by molar-refractivity contribution is -0.113. The molecule has 1 atom stereocenters. The molecule has 0 saturated heterocycles. The van der Waals surface area contributed by atoms with Gasteiger partial charge in [-0.15, -0.1) is 33.3 Å². The molecule has 1 aliphatic rings. The number of thioether (sulfide) groups is 2. The molecule has 4 rings (SSSR count). The third-order valence-corrected chi connectivity index (χ3v) is 8.80. The zero-order chi connectivity index (χ0) is 22.5. The van der Waals surface area contributed by atoms with Crippen molar-refractivity contribution < 1.29 is 4.79 Å². The lowest BCUT2D eigenvalue weighted by Gasteiger charge is -2.19. The molecular weight excluding hydrogens is 458 g/mol. The van der Waals surface area contributed by atoms with Crippen molar-refractivity contribution in [2.75, 3.05) is 16.8 Å². The number of carbonyl (C=O) groups excluding carboxylic acids is 1. The first-order chi connectivity index (χ1) is 15.6. The predicted octanol–water partition coefficient (Wildman–Crippen LogP) is 5.40. The topological polar surface area (TPSA) is 83.6 Å². The number of para-hydroxylation sites is 1. The van der Waals surface area contributed by atoms with E-state index < -0.39 is 0 Å². The number of carbonyl (C=O) groups is 1. The summed E-state index contributed by atoms with van der Waals surface area (Å²) in [7, 11) is 1.96. The molecule has 0 saturated carbocycles. The fourth-order valence-corrected chi connectivity index (χ4v) is 6.44. The Morgan fingerprint density at radius 1 is 1.34 bits per heavy atom. The first-order valence-electron chi connectivity index (χ1n) is 10.6. The normalized spacial score (nSPS) is 15.2. The van der Waals surface area contributed by atoms with Gasteiger partial charge in [0.25, 0.3) is 0 Å². The van der Waals surface area contributed by atoms with Crippen molar-refractivity contribution in [2.45, 2.75) is 42.7 Å². The zero-order valence-electron chi connectivity index (χ0n) is 18.1. The molecule has 9 heteroatoms. The van der Waals surface area contributed by atoms with Gasteiger partial charge in [0.15, 0.2) is 11.0 Å². The van der Waals surface area contributed by atoms with Gasteiger partial charge < -0.3 is 9.88 Å². The third-order valence-electron chi connectivity index (χ3n) is 5.60. The van der Waals surface area contributed by atoms with Crippen LogP contribution in [0.4, 0.5) is 5.69 Å². The second-order valence-corrected chi connectivity index (χ2v) is 10.8. The number of amides is 1. The number of thiophene rings is 1. The Balaban J connectivity index is 1.39. The van der Waals surface area contributed by atoms with Crippen molar-refractivity contribution in [2.24, 2.45) is 13.0 Å². The number of rotatable bonds is 8. The zero-order valence-corrected chi connectivity index (χ0v) is 20.6. The minimum atomic E-state index is -0.109. The average molecular weight is 484 g/mol. The number of hydrogen-bond acceptors (Lipinski definition) is 7. The largest absolute Gasteiger partial charge is 0.324 e. The number of nitrogens with one attached hydrogen (secondary N) is 1. The highest BCUT2D eigenvalue weighted by Gasteiger charge is 2.22. The molecule has 0 aliphatic heterocycles. The Hall–Kier alpha value is -2.28. The molecule has 0 fully saturated rings. The number of aromatic nitrogens is 3. The lowest BCUT2D eigenvalue weighted by atomic mass is 9.87. The van der Waals surface area contributed by atoms with E-state index in [1.807, 2.05) is 47.2 Å². The summed E-state index contributed by atoms with van der Waals surface area (Å²) in [6, 6.07) is 11.9. The summed E-state index contributed by atoms with van der Waals surface area (Å²) >= 11 is 4.61. The third kappa shape index (κ3) is 5.20. The molecule has 32 heavy (non-hydrogen) atoms. The van der Waals surface area contributed by atoms with Crippen molar-refractivity contribution >= 4 is 46.5 Å². The molecule has 0 radical (unpaired) electrons. The molecule has 2 aromatic heterocycles. The van der Waals surface area contributed by atoms with E-state index in [1.165, 1.54) is 46.8 Å². The molecule has 1 N–H and O–H groups in total. The van der Waals surface area contributed by atoms with Crippen LogP contribution in [-0.4, -0.2) is 32.2 Å². The van der Waals surface area contributed by atoms with Crippen LogP contribution in [0.15, 0.2) is 40.4 Å². The molecule has 1 aromatic carbocycles. The summed E-state index contributed by atoms with van der Waals surface area (Å²) in [5.74, 6) is 2.12. The Labute approximate surface area is 200 Å². The maximum Gasteiger partial charge on any atom is 0.234 e. The van der Waals surface area contributed by atoms with Gasteiger partial charge in [-0.25, -0.2) is 0 Å². The van der Waals surface area contributed by atoms with Crippen LogP contribution in [0.2, 0.25) is 0 Å². The molecule has 1 amide bonds. The number of aryl methyl sites for hydroxylation is 1. The summed E-state index contributed by atoms with van der Waals surface area (Å²) < 4.78 is 1.98. The van der Waals surface area contributed by atoms with Crippen LogP contribution in [0.3, 0.4) is 0 Å². The lowest BCUT2D eigenvalue weighted by Crippen LogP contribution is -2.15. The molecule has 2 heterocycles. The molecule has 6 nitrogen and oxygen atoms in total. The monoisotopic (exact) mass is 483 g/mol. The molecular formula is C23H25N5OS3. The van der Waals surface area contributed by atoms with E-state index in [4.69, 9.17) is 5.26 Å². The fourth-order valence-electron chi connectivity index (χ4n) is 3.84. The Bertz CT molecular complexity index is 1150. The van der Waals surface area contributed by atoms with Gasteiger partial charge in [-0.2, -0.15) is 5.26 Å². The van der Waals surface area contributed by atoms with Gasteiger partial charge in [0.05, 0.1) is 28.1 Å². The number of nitriles is 1. The number of anilines is 1. The van der Waals surface area contributed by atoms with Crippen LogP contribution < -0.4 is 5.32 Å². The second kappa shape index (κ2) is 10.6. The van der Waals surface area contributed by atoms with Gasteiger partial charge in [-0.1, -0.05) is 37.2 Å². The van der Waals surface area contributed by atoms with Crippen LogP contribution in [-0.2, 0) is 24.7 Å². The van der Waals surface area contributed by atoms with Crippen molar-refractivity contribution in [3.05, 3.63) is 40.8 Å². The summed E-state index contributed by atoms with van der Waals surface area (Å²) in [4.78, 5) is 16.1. The van der Waals surface area contributed by atoms with Crippen LogP contribution in [0.5, 0.6) is 0 Å². The van der Waals surface area contributed by atoms with Crippen LogP contribution in [0, 0.1) is 17.2 Å². The van der Waals surface area contributed by atoms with Crippen molar-refractivity contribution in [3.8, 4) is 16.8 Å². The first-order valence-corrected chi connectivity index (χ1v) is 13.4. The van der Waals surface area contributed by atoms with E-state index in [2.05, 4.69) is 34.6 Å². The van der Waals surface area contributed by atoms with Gasteiger partial charge in [0.2, 0.25) is 5.91 Å². The number of benzene rings is 1. The fraction of sp³-hybridized carbons (Fsp3) is 0.391. The van der Waals surface area contributed by atoms with Crippen LogP contribution >= 0.6 is 34.9 Å². The van der Waals surface area contributed by atoms with E-state index in [-0.39, 0.29) is 11.7 Å². The number of hydrogen-bond donors (Lipinski definition) is 1. The number of nitrogens with zero attached hydrogens (tertiary/aromatic N) is 4. The quantitative estimate of drug-likeness (QED) is 0.432. The maximum atomic E-state index is 12.5. The highest BCUT2D eigenvalue weighted by molar-refractivity contribution is 8.00. The highest BCUT2D eigenvalue weighted by atomic mass is 32.2. The van der Waals surface area contributed by atoms with Gasteiger partial charge in [0.1, 0.15) is 0 Å². The van der Waals surface area contributed by atoms with Crippen LogP contribution in [0.25, 0.3) is 10.7 Å². The standard InChI is InChI=1S/C23H25N5OS3/c1-3-15-8-9-18-16(12-15)13-20(32-18)22-26-27-23(28(22)2)31-14-21(29)25-17-6-4-5-7-19(17)30-11-10-24/h4-7,13,15H,3,8-9,11-12,14H2,1-2H3,(H,25,29). The summed E-state index contributed by atoms with van der Waals surface area (Å²) in [6.45, 7) is 2.27.